The fourth-order valence-corrected chi connectivity index (χ4v) is 1.79. The van der Waals surface area contributed by atoms with Gasteiger partial charge in [0.2, 0.25) is 0 Å². The molecule has 2 aromatic rings. The molecule has 0 saturated heterocycles. The van der Waals surface area contributed by atoms with Crippen molar-refractivity contribution in [1.82, 2.24) is 0 Å². The molecule has 0 amide bonds. The average molecular weight is 256 g/mol. The lowest BCUT2D eigenvalue weighted by Gasteiger charge is -2.09. The first-order valence-corrected chi connectivity index (χ1v) is 6.60. The second-order valence-electron chi connectivity index (χ2n) is 4.82. The summed E-state index contributed by atoms with van der Waals surface area (Å²) in [5, 5.41) is 0. The predicted octanol–water partition coefficient (Wildman–Crippen LogP) is 4.36. The summed E-state index contributed by atoms with van der Waals surface area (Å²) >= 11 is 0. The van der Waals surface area contributed by atoms with Crippen LogP contribution >= 0.6 is 0 Å². The molecular weight excluding hydrogens is 236 g/mol. The van der Waals surface area contributed by atoms with Crippen molar-refractivity contribution in [2.75, 3.05) is 6.79 Å². The van der Waals surface area contributed by atoms with Gasteiger partial charge in [-0.3, -0.25) is 0 Å². The molecule has 0 aliphatic carbocycles. The van der Waals surface area contributed by atoms with Gasteiger partial charge in [0, 0.05) is 0 Å². The van der Waals surface area contributed by atoms with E-state index in [1.807, 2.05) is 42.5 Å². The van der Waals surface area contributed by atoms with Gasteiger partial charge in [0.1, 0.15) is 5.75 Å². The topological polar surface area (TPSA) is 18.5 Å². The highest BCUT2D eigenvalue weighted by atomic mass is 16.7. The van der Waals surface area contributed by atoms with Crippen LogP contribution in [0.3, 0.4) is 0 Å². The molecule has 0 atom stereocenters. The normalized spacial score (nSPS) is 10.7. The summed E-state index contributed by atoms with van der Waals surface area (Å²) in [5.41, 5.74) is 2.47. The number of hydrogen-bond donors (Lipinski definition) is 0. The second-order valence-corrected chi connectivity index (χ2v) is 4.82. The zero-order valence-electron chi connectivity index (χ0n) is 11.5. The van der Waals surface area contributed by atoms with Gasteiger partial charge < -0.3 is 9.47 Å². The van der Waals surface area contributed by atoms with Crippen LogP contribution in [-0.4, -0.2) is 6.79 Å². The Morgan fingerprint density at radius 3 is 2.21 bits per heavy atom. The van der Waals surface area contributed by atoms with E-state index < -0.39 is 0 Å². The van der Waals surface area contributed by atoms with Gasteiger partial charge in [0.25, 0.3) is 0 Å². The predicted molar refractivity (Wildman–Crippen MR) is 77.3 cm³/mol. The Hall–Kier alpha value is -1.80. The molecule has 0 aliphatic rings. The largest absolute Gasteiger partial charge is 0.468 e. The molecule has 0 radical (unpaired) electrons. The Labute approximate surface area is 115 Å². The molecule has 100 valence electrons. The first-order chi connectivity index (χ1) is 9.25. The SMILES string of the molecule is CC(C)c1ccc(OCOCc2ccccc2)cc1. The van der Waals surface area contributed by atoms with Crippen LogP contribution in [0, 0.1) is 0 Å². The third-order valence-corrected chi connectivity index (χ3v) is 2.97. The maximum absolute atomic E-state index is 5.54. The number of rotatable bonds is 6. The first kappa shape index (κ1) is 13.6. The minimum atomic E-state index is 0.274. The number of hydrogen-bond acceptors (Lipinski definition) is 2. The van der Waals surface area contributed by atoms with Crippen molar-refractivity contribution < 1.29 is 9.47 Å². The Kier molecular flexibility index (Phi) is 4.99. The zero-order valence-corrected chi connectivity index (χ0v) is 11.5. The van der Waals surface area contributed by atoms with E-state index in [1.54, 1.807) is 0 Å². The average Bonchev–Trinajstić information content (AvgIpc) is 2.45. The molecule has 0 saturated carbocycles. The van der Waals surface area contributed by atoms with E-state index in [9.17, 15) is 0 Å². The Balaban J connectivity index is 1.74. The van der Waals surface area contributed by atoms with Crippen molar-refractivity contribution >= 4 is 0 Å². The monoisotopic (exact) mass is 256 g/mol. The molecular formula is C17H20O2. The Morgan fingerprint density at radius 2 is 1.58 bits per heavy atom. The van der Waals surface area contributed by atoms with Crippen LogP contribution in [0.25, 0.3) is 0 Å². The minimum Gasteiger partial charge on any atom is -0.468 e. The highest BCUT2D eigenvalue weighted by molar-refractivity contribution is 5.28. The molecule has 0 heterocycles. The van der Waals surface area contributed by atoms with E-state index in [0.29, 0.717) is 12.5 Å². The first-order valence-electron chi connectivity index (χ1n) is 6.60. The highest BCUT2D eigenvalue weighted by Gasteiger charge is 1.99. The molecule has 19 heavy (non-hydrogen) atoms. The van der Waals surface area contributed by atoms with Crippen molar-refractivity contribution in [3.8, 4) is 5.75 Å². The van der Waals surface area contributed by atoms with Crippen LogP contribution in [0.5, 0.6) is 5.75 Å². The summed E-state index contributed by atoms with van der Waals surface area (Å²) in [6, 6.07) is 18.2. The molecule has 2 rings (SSSR count). The maximum Gasteiger partial charge on any atom is 0.189 e. The lowest BCUT2D eigenvalue weighted by Crippen LogP contribution is -2.03. The van der Waals surface area contributed by atoms with Crippen LogP contribution in [-0.2, 0) is 11.3 Å². The van der Waals surface area contributed by atoms with Crippen LogP contribution < -0.4 is 4.74 Å². The van der Waals surface area contributed by atoms with Gasteiger partial charge in [0.15, 0.2) is 6.79 Å². The minimum absolute atomic E-state index is 0.274. The highest BCUT2D eigenvalue weighted by Crippen LogP contribution is 2.18. The van der Waals surface area contributed by atoms with Crippen molar-refractivity contribution in [3.05, 3.63) is 65.7 Å². The lowest BCUT2D eigenvalue weighted by atomic mass is 10.0. The Morgan fingerprint density at radius 1 is 0.895 bits per heavy atom. The zero-order chi connectivity index (χ0) is 13.5. The smallest absolute Gasteiger partial charge is 0.189 e. The summed E-state index contributed by atoms with van der Waals surface area (Å²) < 4.78 is 11.0. The number of ether oxygens (including phenoxy) is 2. The fraction of sp³-hybridized carbons (Fsp3) is 0.294. The molecule has 0 N–H and O–H groups in total. The van der Waals surface area contributed by atoms with Crippen LogP contribution in [0.15, 0.2) is 54.6 Å². The molecule has 0 aliphatic heterocycles. The molecule has 0 fully saturated rings. The van der Waals surface area contributed by atoms with Crippen molar-refractivity contribution in [1.29, 1.82) is 0 Å². The van der Waals surface area contributed by atoms with Crippen LogP contribution in [0.4, 0.5) is 0 Å². The summed E-state index contributed by atoms with van der Waals surface area (Å²) in [6.45, 7) is 5.21. The summed E-state index contributed by atoms with van der Waals surface area (Å²) in [6.07, 6.45) is 0. The number of benzene rings is 2. The lowest BCUT2D eigenvalue weighted by molar-refractivity contribution is 0.00504. The van der Waals surface area contributed by atoms with Crippen LogP contribution in [0.2, 0.25) is 0 Å². The van der Waals surface area contributed by atoms with Gasteiger partial charge in [-0.15, -0.1) is 0 Å². The van der Waals surface area contributed by atoms with Gasteiger partial charge in [0.05, 0.1) is 6.61 Å². The molecule has 0 bridgehead atoms. The molecule has 0 spiro atoms. The van der Waals surface area contributed by atoms with E-state index >= 15 is 0 Å². The molecule has 2 heteroatoms. The van der Waals surface area contributed by atoms with E-state index in [1.165, 1.54) is 5.56 Å². The van der Waals surface area contributed by atoms with Crippen LogP contribution in [0.1, 0.15) is 30.9 Å². The third-order valence-electron chi connectivity index (χ3n) is 2.97. The van der Waals surface area contributed by atoms with Crippen molar-refractivity contribution in [2.45, 2.75) is 26.4 Å². The van der Waals surface area contributed by atoms with Gasteiger partial charge in [-0.25, -0.2) is 0 Å². The standard InChI is InChI=1S/C17H20O2/c1-14(2)16-8-10-17(11-9-16)19-13-18-12-15-6-4-3-5-7-15/h3-11,14H,12-13H2,1-2H3. The quantitative estimate of drug-likeness (QED) is 0.564. The van der Waals surface area contributed by atoms with Crippen molar-refractivity contribution in [3.63, 3.8) is 0 Å². The summed E-state index contributed by atoms with van der Waals surface area (Å²) in [5.74, 6) is 1.39. The summed E-state index contributed by atoms with van der Waals surface area (Å²) in [7, 11) is 0. The van der Waals surface area contributed by atoms with E-state index in [-0.39, 0.29) is 6.79 Å². The summed E-state index contributed by atoms with van der Waals surface area (Å²) in [4.78, 5) is 0. The van der Waals surface area contributed by atoms with Gasteiger partial charge in [-0.1, -0.05) is 56.3 Å². The second kappa shape index (κ2) is 6.95. The van der Waals surface area contributed by atoms with Gasteiger partial charge >= 0.3 is 0 Å². The molecule has 0 aromatic heterocycles. The maximum atomic E-state index is 5.54. The third kappa shape index (κ3) is 4.42. The van der Waals surface area contributed by atoms with E-state index in [0.717, 1.165) is 11.3 Å². The van der Waals surface area contributed by atoms with Gasteiger partial charge in [-0.05, 0) is 29.2 Å². The van der Waals surface area contributed by atoms with Gasteiger partial charge in [-0.2, -0.15) is 0 Å². The molecule has 0 unspecified atom stereocenters. The Bertz CT molecular complexity index is 474. The van der Waals surface area contributed by atoms with E-state index in [4.69, 9.17) is 9.47 Å². The molecule has 2 aromatic carbocycles. The van der Waals surface area contributed by atoms with Crippen molar-refractivity contribution in [2.24, 2.45) is 0 Å². The fourth-order valence-electron chi connectivity index (χ4n) is 1.79. The van der Waals surface area contributed by atoms with E-state index in [2.05, 4.69) is 26.0 Å². The molecule has 2 nitrogen and oxygen atoms in total.